The summed E-state index contributed by atoms with van der Waals surface area (Å²) in [5.41, 5.74) is 2.59. The smallest absolute Gasteiger partial charge is 0.224 e. The van der Waals surface area contributed by atoms with Crippen molar-refractivity contribution >= 4 is 5.91 Å². The molecule has 0 aliphatic carbocycles. The monoisotopic (exact) mass is 387 g/mol. The van der Waals surface area contributed by atoms with Crippen LogP contribution in [0.15, 0.2) is 24.3 Å². The van der Waals surface area contributed by atoms with Gasteiger partial charge in [0.2, 0.25) is 5.91 Å². The molecule has 3 rings (SSSR count). The van der Waals surface area contributed by atoms with Gasteiger partial charge in [-0.15, -0.1) is 0 Å². The summed E-state index contributed by atoms with van der Waals surface area (Å²) < 4.78 is 5.41. The molecular weight excluding hydrogens is 350 g/mol. The number of hydrogen-bond donors (Lipinski definition) is 1. The number of hydrogen-bond acceptors (Lipinski definition) is 4. The predicted molar refractivity (Wildman–Crippen MR) is 113 cm³/mol. The molecule has 0 saturated carbocycles. The number of rotatable bonds is 7. The van der Waals surface area contributed by atoms with Gasteiger partial charge in [0.15, 0.2) is 0 Å². The van der Waals surface area contributed by atoms with Crippen molar-refractivity contribution in [2.45, 2.75) is 45.6 Å². The zero-order chi connectivity index (χ0) is 19.8. The molecule has 28 heavy (non-hydrogen) atoms. The van der Waals surface area contributed by atoms with E-state index in [9.17, 15) is 4.79 Å². The number of likely N-dealkylation sites (tertiary alicyclic amines) is 1. The third-order valence-electron chi connectivity index (χ3n) is 6.10. The Labute approximate surface area is 170 Å². The summed E-state index contributed by atoms with van der Waals surface area (Å²) in [7, 11) is 0. The molecule has 1 aromatic rings. The standard InChI is InChI=1S/C23H37N3O2/c1-19-7-9-21(10-8-19)22(26-11-5-3-4-6-12-26)17-24-23(27)20(2)18-25-13-15-28-16-14-25/h7-10,20,22H,3-6,11-18H2,1-2H3,(H,24,27). The van der Waals surface area contributed by atoms with Crippen LogP contribution >= 0.6 is 0 Å². The number of aryl methyl sites for hydroxylation is 1. The molecule has 2 unspecified atom stereocenters. The summed E-state index contributed by atoms with van der Waals surface area (Å²) in [5.74, 6) is 0.166. The molecule has 0 bridgehead atoms. The van der Waals surface area contributed by atoms with Crippen molar-refractivity contribution in [1.29, 1.82) is 0 Å². The molecule has 2 aliphatic heterocycles. The number of morpholine rings is 1. The Morgan fingerprint density at radius 2 is 1.68 bits per heavy atom. The normalized spacial score (nSPS) is 21.6. The maximum Gasteiger partial charge on any atom is 0.224 e. The summed E-state index contributed by atoms with van der Waals surface area (Å²) in [6.07, 6.45) is 5.15. The number of carbonyl (C=O) groups is 1. The van der Waals surface area contributed by atoms with E-state index < -0.39 is 0 Å². The first kappa shape index (κ1) is 21.3. The minimum absolute atomic E-state index is 0.000835. The summed E-state index contributed by atoms with van der Waals surface area (Å²) >= 11 is 0. The van der Waals surface area contributed by atoms with Crippen molar-refractivity contribution in [2.75, 3.05) is 52.5 Å². The quantitative estimate of drug-likeness (QED) is 0.781. The second-order valence-corrected chi connectivity index (χ2v) is 8.44. The summed E-state index contributed by atoms with van der Waals surface area (Å²) in [5, 5.41) is 3.26. The van der Waals surface area contributed by atoms with Crippen molar-refractivity contribution in [2.24, 2.45) is 5.92 Å². The molecule has 0 aromatic heterocycles. The first-order valence-corrected chi connectivity index (χ1v) is 11.0. The highest BCUT2D eigenvalue weighted by Crippen LogP contribution is 2.24. The van der Waals surface area contributed by atoms with Crippen LogP contribution in [0.3, 0.4) is 0 Å². The molecule has 0 radical (unpaired) electrons. The number of nitrogens with one attached hydrogen (secondary N) is 1. The third-order valence-corrected chi connectivity index (χ3v) is 6.10. The van der Waals surface area contributed by atoms with Crippen LogP contribution in [0, 0.1) is 12.8 Å². The van der Waals surface area contributed by atoms with Gasteiger partial charge < -0.3 is 10.1 Å². The highest BCUT2D eigenvalue weighted by molar-refractivity contribution is 5.78. The fourth-order valence-corrected chi connectivity index (χ4v) is 4.28. The van der Waals surface area contributed by atoms with Crippen molar-refractivity contribution < 1.29 is 9.53 Å². The van der Waals surface area contributed by atoms with Gasteiger partial charge in [0.25, 0.3) is 0 Å². The lowest BCUT2D eigenvalue weighted by Crippen LogP contribution is -2.44. The molecule has 0 spiro atoms. The number of nitrogens with zero attached hydrogens (tertiary/aromatic N) is 2. The van der Waals surface area contributed by atoms with Gasteiger partial charge in [-0.05, 0) is 38.4 Å². The van der Waals surface area contributed by atoms with Crippen molar-refractivity contribution in [3.05, 3.63) is 35.4 Å². The van der Waals surface area contributed by atoms with Crippen molar-refractivity contribution in [1.82, 2.24) is 15.1 Å². The fourth-order valence-electron chi connectivity index (χ4n) is 4.28. The van der Waals surface area contributed by atoms with E-state index in [1.54, 1.807) is 0 Å². The van der Waals surface area contributed by atoms with E-state index in [1.807, 2.05) is 6.92 Å². The molecule has 1 aromatic carbocycles. The number of carbonyl (C=O) groups excluding carboxylic acids is 1. The van der Waals surface area contributed by atoms with Gasteiger partial charge in [-0.25, -0.2) is 0 Å². The van der Waals surface area contributed by atoms with Crippen LogP contribution in [-0.4, -0.2) is 68.2 Å². The average Bonchev–Trinajstić information content (AvgIpc) is 2.99. The topological polar surface area (TPSA) is 44.8 Å². The van der Waals surface area contributed by atoms with Gasteiger partial charge in [0.1, 0.15) is 0 Å². The van der Waals surface area contributed by atoms with E-state index in [0.717, 1.165) is 45.9 Å². The van der Waals surface area contributed by atoms with Crippen molar-refractivity contribution in [3.8, 4) is 0 Å². The van der Waals surface area contributed by atoms with E-state index in [1.165, 1.54) is 36.8 Å². The average molecular weight is 388 g/mol. The van der Waals surface area contributed by atoms with Crippen molar-refractivity contribution in [3.63, 3.8) is 0 Å². The molecule has 2 saturated heterocycles. The molecule has 1 N–H and O–H groups in total. The molecular formula is C23H37N3O2. The molecule has 5 nitrogen and oxygen atoms in total. The van der Waals surface area contributed by atoms with Crippen LogP contribution in [0.25, 0.3) is 0 Å². The van der Waals surface area contributed by atoms with Crippen LogP contribution in [0.4, 0.5) is 0 Å². The van der Waals surface area contributed by atoms with E-state index in [-0.39, 0.29) is 17.9 Å². The second kappa shape index (κ2) is 10.9. The summed E-state index contributed by atoms with van der Waals surface area (Å²) in [6, 6.07) is 9.09. The molecule has 156 valence electrons. The molecule has 2 atom stereocenters. The van der Waals surface area contributed by atoms with Crippen LogP contribution < -0.4 is 5.32 Å². The lowest BCUT2D eigenvalue weighted by molar-refractivity contribution is -0.125. The highest BCUT2D eigenvalue weighted by atomic mass is 16.5. The van der Waals surface area contributed by atoms with E-state index >= 15 is 0 Å². The van der Waals surface area contributed by atoms with Gasteiger partial charge in [0.05, 0.1) is 19.3 Å². The highest BCUT2D eigenvalue weighted by Gasteiger charge is 2.24. The Hall–Kier alpha value is -1.43. The minimum atomic E-state index is 0.000835. The number of benzene rings is 1. The van der Waals surface area contributed by atoms with Crippen LogP contribution in [0.1, 0.15) is 49.8 Å². The van der Waals surface area contributed by atoms with Gasteiger partial charge in [-0.1, -0.05) is 49.6 Å². The lowest BCUT2D eigenvalue weighted by Gasteiger charge is -2.32. The maximum absolute atomic E-state index is 12.8. The third kappa shape index (κ3) is 6.29. The Bertz CT molecular complexity index is 590. The van der Waals surface area contributed by atoms with E-state index in [0.29, 0.717) is 6.54 Å². The first-order valence-electron chi connectivity index (χ1n) is 11.0. The van der Waals surface area contributed by atoms with Gasteiger partial charge in [0, 0.05) is 32.1 Å². The van der Waals surface area contributed by atoms with Crippen LogP contribution in [0.2, 0.25) is 0 Å². The fraction of sp³-hybridized carbons (Fsp3) is 0.696. The second-order valence-electron chi connectivity index (χ2n) is 8.44. The largest absolute Gasteiger partial charge is 0.379 e. The zero-order valence-electron chi connectivity index (χ0n) is 17.7. The Kier molecular flexibility index (Phi) is 8.31. The summed E-state index contributed by atoms with van der Waals surface area (Å²) in [4.78, 5) is 17.7. The minimum Gasteiger partial charge on any atom is -0.379 e. The molecule has 5 heteroatoms. The van der Waals surface area contributed by atoms with E-state index in [4.69, 9.17) is 4.74 Å². The Morgan fingerprint density at radius 3 is 2.32 bits per heavy atom. The SMILES string of the molecule is Cc1ccc(C(CNC(=O)C(C)CN2CCOCC2)N2CCCCCC2)cc1. The first-order chi connectivity index (χ1) is 13.6. The lowest BCUT2D eigenvalue weighted by atomic mass is 10.0. The van der Waals surface area contributed by atoms with E-state index in [2.05, 4.69) is 46.3 Å². The zero-order valence-corrected chi connectivity index (χ0v) is 17.7. The molecule has 2 aliphatic rings. The Balaban J connectivity index is 1.59. The number of amides is 1. The molecule has 2 fully saturated rings. The predicted octanol–water partition coefficient (Wildman–Crippen LogP) is 3.00. The van der Waals surface area contributed by atoms with Gasteiger partial charge >= 0.3 is 0 Å². The number of ether oxygens (including phenoxy) is 1. The van der Waals surface area contributed by atoms with Gasteiger partial charge in [-0.2, -0.15) is 0 Å². The van der Waals surface area contributed by atoms with Gasteiger partial charge in [-0.3, -0.25) is 14.6 Å². The molecule has 1 amide bonds. The van der Waals surface area contributed by atoms with Crippen LogP contribution in [-0.2, 0) is 9.53 Å². The van der Waals surface area contributed by atoms with Crippen LogP contribution in [0.5, 0.6) is 0 Å². The maximum atomic E-state index is 12.8. The summed E-state index contributed by atoms with van der Waals surface area (Å²) in [6.45, 7) is 11.3. The molecule has 2 heterocycles. The Morgan fingerprint density at radius 1 is 1.04 bits per heavy atom.